The van der Waals surface area contributed by atoms with E-state index in [4.69, 9.17) is 11.6 Å². The lowest BCUT2D eigenvalue weighted by atomic mass is 10.1. The van der Waals surface area contributed by atoms with Gasteiger partial charge in [-0.3, -0.25) is 4.79 Å². The number of halogens is 4. The lowest BCUT2D eigenvalue weighted by molar-refractivity contribution is -0.137. The van der Waals surface area contributed by atoms with E-state index < -0.39 is 11.7 Å². The molecule has 37 heavy (non-hydrogen) atoms. The summed E-state index contributed by atoms with van der Waals surface area (Å²) in [6.45, 7) is 5.30. The minimum absolute atomic E-state index is 0.0148. The molecule has 8 heteroatoms. The maximum atomic E-state index is 12.6. The van der Waals surface area contributed by atoms with Gasteiger partial charge in [0.25, 0.3) is 0 Å². The van der Waals surface area contributed by atoms with Gasteiger partial charge in [0, 0.05) is 24.7 Å². The van der Waals surface area contributed by atoms with Crippen LogP contribution in [0.1, 0.15) is 29.2 Å². The summed E-state index contributed by atoms with van der Waals surface area (Å²) in [5, 5.41) is 0.840. The monoisotopic (exact) mass is 534 g/mol. The van der Waals surface area contributed by atoms with Gasteiger partial charge in [-0.05, 0) is 49.2 Å². The van der Waals surface area contributed by atoms with E-state index in [2.05, 4.69) is 31.2 Å². The first-order valence-corrected chi connectivity index (χ1v) is 12.2. The third-order valence-corrected chi connectivity index (χ3v) is 5.69. The zero-order valence-corrected chi connectivity index (χ0v) is 22.2. The van der Waals surface area contributed by atoms with Crippen LogP contribution in [0.15, 0.2) is 78.9 Å². The van der Waals surface area contributed by atoms with Gasteiger partial charge in [-0.15, -0.1) is 0 Å². The Morgan fingerprint density at radius 1 is 0.865 bits per heavy atom. The molecule has 0 heterocycles. The number of likely N-dealkylation sites (N-methyl/N-ethyl adjacent to an activating group) is 1. The van der Waals surface area contributed by atoms with Gasteiger partial charge in [-0.2, -0.15) is 13.2 Å². The van der Waals surface area contributed by atoms with Crippen molar-refractivity contribution in [3.05, 3.63) is 106 Å². The van der Waals surface area contributed by atoms with Crippen molar-refractivity contribution in [3.8, 4) is 0 Å². The normalized spacial score (nSPS) is 10.5. The zero-order valence-electron chi connectivity index (χ0n) is 21.4. The molecular weight excluding hydrogens is 501 g/mol. The molecule has 0 saturated carbocycles. The largest absolute Gasteiger partial charge is 0.416 e. The Balaban J connectivity index is 0.000000345. The average molecular weight is 535 g/mol. The zero-order chi connectivity index (χ0) is 27.7. The Morgan fingerprint density at radius 2 is 1.49 bits per heavy atom. The molecule has 1 amide bonds. The SMILES string of the molecule is CCc1ccccc1.CN(CCN(C=O)CC=O)Cc1cccc(C(F)(F)F)c1.Cc1ccccc1Cl. The molecule has 0 unspecified atom stereocenters. The van der Waals surface area contributed by atoms with Gasteiger partial charge in [-0.1, -0.05) is 85.3 Å². The van der Waals surface area contributed by atoms with E-state index >= 15 is 0 Å². The Labute approximate surface area is 222 Å². The van der Waals surface area contributed by atoms with Gasteiger partial charge in [-0.25, -0.2) is 0 Å². The summed E-state index contributed by atoms with van der Waals surface area (Å²) in [5.74, 6) is 0. The highest BCUT2D eigenvalue weighted by molar-refractivity contribution is 6.31. The van der Waals surface area contributed by atoms with Crippen molar-refractivity contribution in [2.24, 2.45) is 0 Å². The number of rotatable bonds is 9. The van der Waals surface area contributed by atoms with E-state index in [1.165, 1.54) is 16.5 Å². The number of aldehydes is 1. The molecule has 0 aliphatic heterocycles. The van der Waals surface area contributed by atoms with Crippen LogP contribution in [0, 0.1) is 6.92 Å². The van der Waals surface area contributed by atoms with Crippen molar-refractivity contribution >= 4 is 24.3 Å². The first-order valence-electron chi connectivity index (χ1n) is 11.8. The topological polar surface area (TPSA) is 40.6 Å². The van der Waals surface area contributed by atoms with Crippen molar-refractivity contribution in [3.63, 3.8) is 0 Å². The van der Waals surface area contributed by atoms with Crippen molar-refractivity contribution in [1.82, 2.24) is 9.80 Å². The molecule has 0 radical (unpaired) electrons. The molecule has 0 bridgehead atoms. The van der Waals surface area contributed by atoms with Crippen LogP contribution in [0.4, 0.5) is 13.2 Å². The van der Waals surface area contributed by atoms with Crippen LogP contribution in [0.2, 0.25) is 5.02 Å². The molecule has 200 valence electrons. The number of carbonyl (C=O) groups excluding carboxylic acids is 2. The highest BCUT2D eigenvalue weighted by Gasteiger charge is 2.30. The molecule has 3 rings (SSSR count). The summed E-state index contributed by atoms with van der Waals surface area (Å²) in [5.41, 5.74) is 2.41. The molecule has 0 atom stereocenters. The summed E-state index contributed by atoms with van der Waals surface area (Å²) < 4.78 is 37.8. The van der Waals surface area contributed by atoms with Crippen molar-refractivity contribution in [2.45, 2.75) is 33.0 Å². The van der Waals surface area contributed by atoms with E-state index in [0.29, 0.717) is 37.9 Å². The molecule has 0 aromatic heterocycles. The molecule has 3 aromatic carbocycles. The second-order valence-electron chi connectivity index (χ2n) is 8.29. The van der Waals surface area contributed by atoms with Crippen molar-refractivity contribution in [2.75, 3.05) is 26.7 Å². The Hall–Kier alpha value is -3.16. The lowest BCUT2D eigenvalue weighted by Gasteiger charge is -2.21. The minimum atomic E-state index is -4.35. The Morgan fingerprint density at radius 3 is 1.97 bits per heavy atom. The van der Waals surface area contributed by atoms with Gasteiger partial charge in [0.05, 0.1) is 12.1 Å². The number of hydrogen-bond donors (Lipinski definition) is 0. The molecule has 4 nitrogen and oxygen atoms in total. The first kappa shape index (κ1) is 31.9. The number of nitrogens with zero attached hydrogens (tertiary/aromatic N) is 2. The quantitative estimate of drug-likeness (QED) is 0.287. The Kier molecular flexibility index (Phi) is 14.9. The summed E-state index contributed by atoms with van der Waals surface area (Å²) in [4.78, 5) is 24.1. The molecular formula is C29H34ClF3N2O2. The third kappa shape index (κ3) is 13.6. The van der Waals surface area contributed by atoms with Crippen molar-refractivity contribution < 1.29 is 22.8 Å². The molecule has 3 aromatic rings. The summed E-state index contributed by atoms with van der Waals surface area (Å²) in [6, 6.07) is 23.4. The van der Waals surface area contributed by atoms with Gasteiger partial charge < -0.3 is 14.6 Å². The highest BCUT2D eigenvalue weighted by Crippen LogP contribution is 2.29. The van der Waals surface area contributed by atoms with Crippen LogP contribution < -0.4 is 0 Å². The van der Waals surface area contributed by atoms with Crippen LogP contribution in [-0.4, -0.2) is 49.2 Å². The van der Waals surface area contributed by atoms with Gasteiger partial charge >= 0.3 is 6.18 Å². The number of aryl methyl sites for hydroxylation is 2. The molecule has 0 N–H and O–H groups in total. The van der Waals surface area contributed by atoms with E-state index in [9.17, 15) is 22.8 Å². The Bertz CT molecular complexity index is 1040. The summed E-state index contributed by atoms with van der Waals surface area (Å²) in [6.07, 6.45) is -2.01. The number of carbonyl (C=O) groups is 2. The van der Waals surface area contributed by atoms with Crippen LogP contribution in [0.25, 0.3) is 0 Å². The standard InChI is InChI=1S/C14H17F3N2O2.C8H10.C7H7Cl/c1-18(5-6-19(11-21)7-8-20)10-12-3-2-4-13(9-12)14(15,16)17;1-2-8-6-4-3-5-7-8;1-6-4-2-3-5-7(6)8/h2-4,8-9,11H,5-7,10H2,1H3;3-7H,2H2,1H3;2-5H,1H3. The smallest absolute Gasteiger partial charge is 0.337 e. The molecule has 0 spiro atoms. The maximum Gasteiger partial charge on any atom is 0.416 e. The van der Waals surface area contributed by atoms with E-state index in [1.807, 2.05) is 37.3 Å². The minimum Gasteiger partial charge on any atom is -0.337 e. The number of benzene rings is 3. The van der Waals surface area contributed by atoms with E-state index in [0.717, 1.165) is 29.1 Å². The van der Waals surface area contributed by atoms with Gasteiger partial charge in [0.2, 0.25) is 6.41 Å². The van der Waals surface area contributed by atoms with E-state index in [1.54, 1.807) is 18.0 Å². The number of alkyl halides is 3. The van der Waals surface area contributed by atoms with Gasteiger partial charge in [0.15, 0.2) is 0 Å². The maximum absolute atomic E-state index is 12.6. The van der Waals surface area contributed by atoms with E-state index in [-0.39, 0.29) is 6.54 Å². The summed E-state index contributed by atoms with van der Waals surface area (Å²) >= 11 is 5.71. The lowest BCUT2D eigenvalue weighted by Crippen LogP contribution is -2.33. The molecule has 0 aliphatic carbocycles. The fourth-order valence-corrected chi connectivity index (χ4v) is 3.22. The molecule has 0 aliphatic rings. The van der Waals surface area contributed by atoms with Gasteiger partial charge in [0.1, 0.15) is 6.29 Å². The van der Waals surface area contributed by atoms with Crippen LogP contribution in [0.3, 0.4) is 0 Å². The molecule has 0 fully saturated rings. The second kappa shape index (κ2) is 17.3. The fraction of sp³-hybridized carbons (Fsp3) is 0.310. The average Bonchev–Trinajstić information content (AvgIpc) is 2.89. The van der Waals surface area contributed by atoms with Crippen LogP contribution in [0.5, 0.6) is 0 Å². The predicted octanol–water partition coefficient (Wildman–Crippen LogP) is 6.69. The third-order valence-electron chi connectivity index (χ3n) is 5.26. The second-order valence-corrected chi connectivity index (χ2v) is 8.70. The molecule has 0 saturated heterocycles. The van der Waals surface area contributed by atoms with Crippen LogP contribution >= 0.6 is 11.6 Å². The number of hydrogen-bond acceptors (Lipinski definition) is 3. The number of amides is 1. The predicted molar refractivity (Wildman–Crippen MR) is 143 cm³/mol. The van der Waals surface area contributed by atoms with Crippen LogP contribution in [-0.2, 0) is 28.7 Å². The highest BCUT2D eigenvalue weighted by atomic mass is 35.5. The van der Waals surface area contributed by atoms with Crippen molar-refractivity contribution in [1.29, 1.82) is 0 Å². The first-order chi connectivity index (χ1) is 17.6. The summed E-state index contributed by atoms with van der Waals surface area (Å²) in [7, 11) is 1.74. The fourth-order valence-electron chi connectivity index (χ4n) is 3.08.